The number of aliphatic carboxylic acids is 1. The number of hydrogen-bond acceptors (Lipinski definition) is 3. The minimum atomic E-state index is -0.835. The molecule has 0 spiro atoms. The lowest BCUT2D eigenvalue weighted by molar-refractivity contribution is -0.227. The Bertz CT molecular complexity index is 907. The summed E-state index contributed by atoms with van der Waals surface area (Å²) in [6.07, 6.45) is 8.48. The van der Waals surface area contributed by atoms with E-state index in [0.29, 0.717) is 36.5 Å². The van der Waals surface area contributed by atoms with Gasteiger partial charge in [0.15, 0.2) is 0 Å². The number of carboxylic acid groups (broad SMARTS) is 1. The zero-order chi connectivity index (χ0) is 25.1. The van der Waals surface area contributed by atoms with Gasteiger partial charge in [0.25, 0.3) is 0 Å². The number of rotatable bonds is 1. The van der Waals surface area contributed by atoms with E-state index < -0.39 is 22.9 Å². The van der Waals surface area contributed by atoms with Crippen molar-refractivity contribution in [2.45, 2.75) is 112 Å². The maximum absolute atomic E-state index is 12.8. The molecule has 0 aliphatic heterocycles. The molecule has 5 rings (SSSR count). The Balaban J connectivity index is 1.65. The van der Waals surface area contributed by atoms with E-state index in [1.807, 2.05) is 0 Å². The standard InChI is InChI=1S/C30H48O4/c1-17-10-15-30(25(33)34)16-23(32)29(7)19(24(30)18(17)2)8-9-21-27(5)13-12-22(31)26(3,4)20(27)11-14-28(21,29)6/h8,17-18,20-24,31-32H,9-16H2,1-7H3,(H,33,34)/t17-,18+,20+,21-,22+,23-,24+,27+,28-,29+,30+/m1/s1. The second kappa shape index (κ2) is 7.34. The summed E-state index contributed by atoms with van der Waals surface area (Å²) in [5, 5.41) is 33.4. The Kier molecular flexibility index (Phi) is 5.36. The molecule has 0 aromatic heterocycles. The van der Waals surface area contributed by atoms with Gasteiger partial charge in [0.05, 0.1) is 17.6 Å². The van der Waals surface area contributed by atoms with Gasteiger partial charge in [0.1, 0.15) is 0 Å². The molecule has 0 saturated heterocycles. The maximum atomic E-state index is 12.8. The molecule has 4 nitrogen and oxygen atoms in total. The van der Waals surface area contributed by atoms with Crippen molar-refractivity contribution in [2.24, 2.45) is 56.7 Å². The highest BCUT2D eigenvalue weighted by atomic mass is 16.4. The molecule has 0 amide bonds. The van der Waals surface area contributed by atoms with Crippen LogP contribution in [0.5, 0.6) is 0 Å². The van der Waals surface area contributed by atoms with E-state index in [4.69, 9.17) is 0 Å². The first kappa shape index (κ1) is 24.8. The SMILES string of the molecule is C[C@H]1[C@H](C)CC[C@]2(C(=O)O)C[C@@H](O)[C@]3(C)C(=CC[C@@H]4[C@@]5(C)CC[C@H](O)C(C)(C)[C@@H]5CC[C@]43C)[C@H]12. The fourth-order valence-corrected chi connectivity index (χ4v) is 10.9. The third-order valence-corrected chi connectivity index (χ3v) is 13.4. The second-order valence-corrected chi connectivity index (χ2v) is 14.6. The molecule has 0 heterocycles. The maximum Gasteiger partial charge on any atom is 0.310 e. The van der Waals surface area contributed by atoms with Crippen LogP contribution in [0, 0.1) is 56.7 Å². The monoisotopic (exact) mass is 472 g/mol. The third kappa shape index (κ3) is 2.71. The molecule has 0 unspecified atom stereocenters. The van der Waals surface area contributed by atoms with Gasteiger partial charge in [-0.15, -0.1) is 0 Å². The minimum absolute atomic E-state index is 0.00933. The molecule has 0 bridgehead atoms. The highest BCUT2D eigenvalue weighted by molar-refractivity contribution is 5.77. The summed E-state index contributed by atoms with van der Waals surface area (Å²) in [6.45, 7) is 16.3. The average Bonchev–Trinajstić information content (AvgIpc) is 2.75. The van der Waals surface area contributed by atoms with Crippen LogP contribution in [0.15, 0.2) is 11.6 Å². The Morgan fingerprint density at radius 3 is 2.24 bits per heavy atom. The lowest BCUT2D eigenvalue weighted by Gasteiger charge is -2.72. The fourth-order valence-electron chi connectivity index (χ4n) is 10.9. The molecule has 5 aliphatic carbocycles. The van der Waals surface area contributed by atoms with Crippen LogP contribution in [0.1, 0.15) is 99.8 Å². The largest absolute Gasteiger partial charge is 0.481 e. The normalized spacial score (nSPS) is 56.3. The molecule has 0 radical (unpaired) electrons. The van der Waals surface area contributed by atoms with E-state index >= 15 is 0 Å². The topological polar surface area (TPSA) is 77.8 Å². The second-order valence-electron chi connectivity index (χ2n) is 14.6. The highest BCUT2D eigenvalue weighted by Crippen LogP contribution is 2.75. The van der Waals surface area contributed by atoms with Gasteiger partial charge in [-0.3, -0.25) is 4.79 Å². The summed E-state index contributed by atoms with van der Waals surface area (Å²) in [5.41, 5.74) is -0.0327. The number of hydrogen-bond donors (Lipinski definition) is 3. The molecule has 3 N–H and O–H groups in total. The molecular formula is C30H48O4. The lowest BCUT2D eigenvalue weighted by atomic mass is 9.33. The molecule has 0 aromatic rings. The molecule has 5 aliphatic rings. The van der Waals surface area contributed by atoms with Gasteiger partial charge in [-0.1, -0.05) is 60.1 Å². The van der Waals surface area contributed by atoms with E-state index in [9.17, 15) is 20.1 Å². The van der Waals surface area contributed by atoms with Crippen molar-refractivity contribution >= 4 is 5.97 Å². The number of fused-ring (bicyclic) bond motifs is 7. The summed E-state index contributed by atoms with van der Waals surface area (Å²) < 4.78 is 0. The summed E-state index contributed by atoms with van der Waals surface area (Å²) >= 11 is 0. The number of aliphatic hydroxyl groups excluding tert-OH is 2. The van der Waals surface area contributed by atoms with Gasteiger partial charge >= 0.3 is 5.97 Å². The zero-order valence-corrected chi connectivity index (χ0v) is 22.5. The Hall–Kier alpha value is -0.870. The van der Waals surface area contributed by atoms with Crippen LogP contribution < -0.4 is 0 Å². The van der Waals surface area contributed by atoms with Crippen molar-refractivity contribution in [3.8, 4) is 0 Å². The molecule has 0 aromatic carbocycles. The van der Waals surface area contributed by atoms with Crippen LogP contribution >= 0.6 is 0 Å². The Morgan fingerprint density at radius 1 is 0.912 bits per heavy atom. The average molecular weight is 473 g/mol. The summed E-state index contributed by atoms with van der Waals surface area (Å²) in [6, 6.07) is 0. The molecule has 4 saturated carbocycles. The number of aliphatic hydroxyl groups is 2. The fraction of sp³-hybridized carbons (Fsp3) is 0.900. The summed E-state index contributed by atoms with van der Waals surface area (Å²) in [7, 11) is 0. The predicted molar refractivity (Wildman–Crippen MR) is 134 cm³/mol. The molecule has 11 atom stereocenters. The van der Waals surface area contributed by atoms with E-state index in [-0.39, 0.29) is 28.3 Å². The van der Waals surface area contributed by atoms with Gasteiger partial charge in [-0.2, -0.15) is 0 Å². The van der Waals surface area contributed by atoms with Crippen LogP contribution in [-0.2, 0) is 4.79 Å². The quantitative estimate of drug-likeness (QED) is 0.405. The number of carbonyl (C=O) groups is 1. The van der Waals surface area contributed by atoms with E-state index in [1.54, 1.807) is 0 Å². The Morgan fingerprint density at radius 2 is 1.59 bits per heavy atom. The number of allylic oxidation sites excluding steroid dienone is 1. The lowest BCUT2D eigenvalue weighted by Crippen LogP contribution is -2.68. The molecule has 34 heavy (non-hydrogen) atoms. The molecule has 4 fully saturated rings. The van der Waals surface area contributed by atoms with Gasteiger partial charge in [0, 0.05) is 5.41 Å². The van der Waals surface area contributed by atoms with Crippen LogP contribution in [0.3, 0.4) is 0 Å². The van der Waals surface area contributed by atoms with Crippen LogP contribution in [0.2, 0.25) is 0 Å². The summed E-state index contributed by atoms with van der Waals surface area (Å²) in [5.74, 6) is 1.01. The Labute approximate surface area is 206 Å². The van der Waals surface area contributed by atoms with Crippen molar-refractivity contribution < 1.29 is 20.1 Å². The minimum Gasteiger partial charge on any atom is -0.481 e. The summed E-state index contributed by atoms with van der Waals surface area (Å²) in [4.78, 5) is 12.8. The predicted octanol–water partition coefficient (Wildman–Crippen LogP) is 6.06. The van der Waals surface area contributed by atoms with Gasteiger partial charge in [-0.05, 0) is 97.2 Å². The zero-order valence-electron chi connectivity index (χ0n) is 22.5. The number of carboxylic acids is 1. The van der Waals surface area contributed by atoms with E-state index in [0.717, 1.165) is 38.5 Å². The van der Waals surface area contributed by atoms with Crippen molar-refractivity contribution in [3.63, 3.8) is 0 Å². The van der Waals surface area contributed by atoms with Crippen LogP contribution in [-0.4, -0.2) is 33.5 Å². The molecule has 192 valence electrons. The van der Waals surface area contributed by atoms with Crippen molar-refractivity contribution in [1.82, 2.24) is 0 Å². The first-order valence-corrected chi connectivity index (χ1v) is 14.0. The van der Waals surface area contributed by atoms with Gasteiger partial charge in [-0.25, -0.2) is 0 Å². The van der Waals surface area contributed by atoms with Crippen LogP contribution in [0.4, 0.5) is 0 Å². The highest BCUT2D eigenvalue weighted by Gasteiger charge is 2.71. The van der Waals surface area contributed by atoms with Crippen molar-refractivity contribution in [1.29, 1.82) is 0 Å². The van der Waals surface area contributed by atoms with Crippen LogP contribution in [0.25, 0.3) is 0 Å². The van der Waals surface area contributed by atoms with E-state index in [2.05, 4.69) is 54.5 Å². The van der Waals surface area contributed by atoms with Gasteiger partial charge < -0.3 is 15.3 Å². The first-order valence-electron chi connectivity index (χ1n) is 14.0. The molecule has 4 heteroatoms. The molecular weight excluding hydrogens is 424 g/mol. The van der Waals surface area contributed by atoms with Crippen molar-refractivity contribution in [3.05, 3.63) is 11.6 Å². The van der Waals surface area contributed by atoms with E-state index in [1.165, 1.54) is 5.57 Å². The first-order chi connectivity index (χ1) is 15.7. The smallest absolute Gasteiger partial charge is 0.310 e. The van der Waals surface area contributed by atoms with Crippen molar-refractivity contribution in [2.75, 3.05) is 0 Å². The van der Waals surface area contributed by atoms with Gasteiger partial charge in [0.2, 0.25) is 0 Å². The third-order valence-electron chi connectivity index (χ3n) is 13.4.